The van der Waals surface area contributed by atoms with Crippen molar-refractivity contribution in [1.82, 2.24) is 15.2 Å². The normalized spacial score (nSPS) is 19.5. The topological polar surface area (TPSA) is 45.2 Å². The van der Waals surface area contributed by atoms with Gasteiger partial charge in [0.1, 0.15) is 0 Å². The average molecular weight is 344 g/mol. The predicted octanol–water partition coefficient (Wildman–Crippen LogP) is 3.38. The zero-order chi connectivity index (χ0) is 16.5. The Bertz CT molecular complexity index is 751. The van der Waals surface area contributed by atoms with Crippen molar-refractivity contribution >= 4 is 28.4 Å². The molecule has 0 spiro atoms. The van der Waals surface area contributed by atoms with Crippen molar-refractivity contribution in [3.63, 3.8) is 0 Å². The summed E-state index contributed by atoms with van der Waals surface area (Å²) in [5, 5.41) is 4.98. The van der Waals surface area contributed by atoms with E-state index < -0.39 is 0 Å². The molecule has 1 saturated carbocycles. The lowest BCUT2D eigenvalue weighted by Crippen LogP contribution is -2.44. The van der Waals surface area contributed by atoms with Crippen LogP contribution < -0.4 is 5.32 Å². The Morgan fingerprint density at radius 3 is 2.75 bits per heavy atom. The average Bonchev–Trinajstić information content (AvgIpc) is 3.44. The SMILES string of the molecule is O=C(NC1CCN(Cc2ccc(Cl)c3cccnc23)CC1)C1CC1. The van der Waals surface area contributed by atoms with Gasteiger partial charge in [0.25, 0.3) is 0 Å². The summed E-state index contributed by atoms with van der Waals surface area (Å²) in [6.07, 6.45) is 6.01. The summed E-state index contributed by atoms with van der Waals surface area (Å²) < 4.78 is 0. The Kier molecular flexibility index (Phi) is 4.42. The lowest BCUT2D eigenvalue weighted by molar-refractivity contribution is -0.123. The molecule has 1 aromatic heterocycles. The molecule has 0 radical (unpaired) electrons. The van der Waals surface area contributed by atoms with Crippen LogP contribution in [0, 0.1) is 5.92 Å². The van der Waals surface area contributed by atoms with Gasteiger partial charge in [0.15, 0.2) is 0 Å². The van der Waals surface area contributed by atoms with E-state index in [9.17, 15) is 4.79 Å². The molecule has 2 heterocycles. The maximum absolute atomic E-state index is 11.9. The number of halogens is 1. The zero-order valence-electron chi connectivity index (χ0n) is 13.7. The lowest BCUT2D eigenvalue weighted by Gasteiger charge is -2.32. The summed E-state index contributed by atoms with van der Waals surface area (Å²) in [4.78, 5) is 18.8. The number of pyridine rings is 1. The Morgan fingerprint density at radius 1 is 1.21 bits per heavy atom. The van der Waals surface area contributed by atoms with Crippen molar-refractivity contribution < 1.29 is 4.79 Å². The molecule has 1 aliphatic heterocycles. The minimum absolute atomic E-state index is 0.265. The number of rotatable bonds is 4. The quantitative estimate of drug-likeness (QED) is 0.925. The Labute approximate surface area is 147 Å². The fourth-order valence-electron chi connectivity index (χ4n) is 3.46. The number of nitrogens with zero attached hydrogens (tertiary/aromatic N) is 2. The van der Waals surface area contributed by atoms with Crippen LogP contribution in [0.25, 0.3) is 10.9 Å². The van der Waals surface area contributed by atoms with E-state index in [1.807, 2.05) is 24.4 Å². The van der Waals surface area contributed by atoms with Gasteiger partial charge in [-0.3, -0.25) is 14.7 Å². The summed E-state index contributed by atoms with van der Waals surface area (Å²) >= 11 is 6.28. The van der Waals surface area contributed by atoms with Gasteiger partial charge in [-0.2, -0.15) is 0 Å². The lowest BCUT2D eigenvalue weighted by atomic mass is 10.0. The molecule has 1 amide bonds. The van der Waals surface area contributed by atoms with E-state index >= 15 is 0 Å². The second kappa shape index (κ2) is 6.69. The first-order valence-electron chi connectivity index (χ1n) is 8.75. The van der Waals surface area contributed by atoms with E-state index in [1.54, 1.807) is 0 Å². The van der Waals surface area contributed by atoms with Crippen molar-refractivity contribution in [3.05, 3.63) is 41.0 Å². The third kappa shape index (κ3) is 3.40. The van der Waals surface area contributed by atoms with Crippen molar-refractivity contribution in [3.8, 4) is 0 Å². The van der Waals surface area contributed by atoms with Crippen LogP contribution in [0.15, 0.2) is 30.5 Å². The monoisotopic (exact) mass is 343 g/mol. The van der Waals surface area contributed by atoms with Crippen LogP contribution >= 0.6 is 11.6 Å². The summed E-state index contributed by atoms with van der Waals surface area (Å²) in [5.74, 6) is 0.566. The van der Waals surface area contributed by atoms with Crippen LogP contribution in [0.3, 0.4) is 0 Å². The Morgan fingerprint density at radius 2 is 2.00 bits per heavy atom. The number of benzene rings is 1. The van der Waals surface area contributed by atoms with Gasteiger partial charge in [0.05, 0.1) is 5.52 Å². The molecule has 1 N–H and O–H groups in total. The Balaban J connectivity index is 1.39. The van der Waals surface area contributed by atoms with Gasteiger partial charge >= 0.3 is 0 Å². The molecule has 24 heavy (non-hydrogen) atoms. The fourth-order valence-corrected chi connectivity index (χ4v) is 3.68. The first-order valence-corrected chi connectivity index (χ1v) is 9.13. The van der Waals surface area contributed by atoms with E-state index in [2.05, 4.69) is 21.3 Å². The van der Waals surface area contributed by atoms with Gasteiger partial charge in [0.2, 0.25) is 5.91 Å². The molecule has 0 unspecified atom stereocenters. The van der Waals surface area contributed by atoms with E-state index in [1.165, 1.54) is 5.56 Å². The highest BCUT2D eigenvalue weighted by Gasteiger charge is 2.31. The van der Waals surface area contributed by atoms with E-state index in [0.29, 0.717) is 12.0 Å². The van der Waals surface area contributed by atoms with Gasteiger partial charge in [-0.1, -0.05) is 17.7 Å². The standard InChI is InChI=1S/C19H22ClN3O/c20-17-6-5-14(18-16(17)2-1-9-21-18)12-23-10-7-15(8-11-23)22-19(24)13-3-4-13/h1-2,5-6,9,13,15H,3-4,7-8,10-12H2,(H,22,24). The predicted molar refractivity (Wildman–Crippen MR) is 95.9 cm³/mol. The number of fused-ring (bicyclic) bond motifs is 1. The van der Waals surface area contributed by atoms with Crippen LogP contribution in [0.5, 0.6) is 0 Å². The number of amides is 1. The molecule has 1 aromatic carbocycles. The minimum atomic E-state index is 0.265. The first kappa shape index (κ1) is 15.9. The molecule has 1 saturated heterocycles. The van der Waals surface area contributed by atoms with Crippen molar-refractivity contribution in [2.75, 3.05) is 13.1 Å². The number of carbonyl (C=O) groups excluding carboxylic acids is 1. The second-order valence-corrected chi connectivity index (χ2v) is 7.35. The number of carbonyl (C=O) groups is 1. The van der Waals surface area contributed by atoms with Gasteiger partial charge in [-0.05, 0) is 49.4 Å². The van der Waals surface area contributed by atoms with Crippen molar-refractivity contribution in [1.29, 1.82) is 0 Å². The number of nitrogens with one attached hydrogen (secondary N) is 1. The molecule has 0 atom stereocenters. The van der Waals surface area contributed by atoms with Gasteiger partial charge < -0.3 is 5.32 Å². The van der Waals surface area contributed by atoms with Gasteiger partial charge in [-0.15, -0.1) is 0 Å². The third-order valence-electron chi connectivity index (χ3n) is 5.08. The minimum Gasteiger partial charge on any atom is -0.353 e. The highest BCUT2D eigenvalue weighted by Crippen LogP contribution is 2.29. The molecule has 126 valence electrons. The molecule has 2 fully saturated rings. The van der Waals surface area contributed by atoms with E-state index in [4.69, 9.17) is 11.6 Å². The van der Waals surface area contributed by atoms with Gasteiger partial charge in [-0.25, -0.2) is 0 Å². The summed E-state index contributed by atoms with van der Waals surface area (Å²) in [6.45, 7) is 2.90. The maximum Gasteiger partial charge on any atom is 0.223 e. The number of aromatic nitrogens is 1. The zero-order valence-corrected chi connectivity index (χ0v) is 14.4. The molecule has 4 rings (SSSR count). The van der Waals surface area contributed by atoms with Crippen molar-refractivity contribution in [2.24, 2.45) is 5.92 Å². The second-order valence-electron chi connectivity index (χ2n) is 6.94. The smallest absolute Gasteiger partial charge is 0.223 e. The molecular formula is C19H22ClN3O. The van der Waals surface area contributed by atoms with E-state index in [0.717, 1.165) is 61.2 Å². The number of likely N-dealkylation sites (tertiary alicyclic amines) is 1. The molecule has 5 heteroatoms. The third-order valence-corrected chi connectivity index (χ3v) is 5.41. The molecular weight excluding hydrogens is 322 g/mol. The summed E-state index contributed by atoms with van der Waals surface area (Å²) in [5.41, 5.74) is 2.21. The summed E-state index contributed by atoms with van der Waals surface area (Å²) in [7, 11) is 0. The molecule has 2 aliphatic rings. The Hall–Kier alpha value is -1.65. The highest BCUT2D eigenvalue weighted by molar-refractivity contribution is 6.35. The van der Waals surface area contributed by atoms with Crippen molar-refractivity contribution in [2.45, 2.75) is 38.3 Å². The number of hydrogen-bond acceptors (Lipinski definition) is 3. The van der Waals surface area contributed by atoms with Gasteiger partial charge in [0, 0.05) is 48.2 Å². The van der Waals surface area contributed by atoms with Crippen LogP contribution in [-0.2, 0) is 11.3 Å². The highest BCUT2D eigenvalue weighted by atomic mass is 35.5. The molecule has 4 nitrogen and oxygen atoms in total. The van der Waals surface area contributed by atoms with Crippen LogP contribution in [-0.4, -0.2) is 34.9 Å². The van der Waals surface area contributed by atoms with Crippen LogP contribution in [0.2, 0.25) is 5.02 Å². The first-order chi connectivity index (χ1) is 11.7. The number of piperidine rings is 1. The maximum atomic E-state index is 11.9. The molecule has 2 aromatic rings. The largest absolute Gasteiger partial charge is 0.353 e. The van der Waals surface area contributed by atoms with Crippen LogP contribution in [0.4, 0.5) is 0 Å². The summed E-state index contributed by atoms with van der Waals surface area (Å²) in [6, 6.07) is 8.33. The molecule has 1 aliphatic carbocycles. The van der Waals surface area contributed by atoms with E-state index in [-0.39, 0.29) is 5.91 Å². The van der Waals surface area contributed by atoms with Crippen LogP contribution in [0.1, 0.15) is 31.2 Å². The fraction of sp³-hybridized carbons (Fsp3) is 0.474. The number of hydrogen-bond donors (Lipinski definition) is 1. The molecule has 0 bridgehead atoms.